The number of likely N-dealkylation sites (tertiary alicyclic amines) is 1. The Kier molecular flexibility index (Phi) is 4.74. The lowest BCUT2D eigenvalue weighted by Gasteiger charge is -2.10. The highest BCUT2D eigenvalue weighted by Crippen LogP contribution is 2.18. The van der Waals surface area contributed by atoms with Crippen LogP contribution in [0.25, 0.3) is 0 Å². The number of likely N-dealkylation sites (N-methyl/N-ethyl adjacent to an activating group) is 1. The molecule has 25 heavy (non-hydrogen) atoms. The zero-order chi connectivity index (χ0) is 17.8. The number of aromatic nitrogens is 1. The van der Waals surface area contributed by atoms with Gasteiger partial charge in [-0.05, 0) is 17.7 Å². The van der Waals surface area contributed by atoms with Crippen molar-refractivity contribution in [3.63, 3.8) is 0 Å². The van der Waals surface area contributed by atoms with Gasteiger partial charge in [-0.3, -0.25) is 14.4 Å². The Morgan fingerprint density at radius 3 is 2.60 bits per heavy atom. The summed E-state index contributed by atoms with van der Waals surface area (Å²) in [5.74, 6) is -1.54. The number of pyridine rings is 1. The van der Waals surface area contributed by atoms with E-state index in [1.807, 2.05) is 30.3 Å². The average Bonchev–Trinajstić information content (AvgIpc) is 2.89. The van der Waals surface area contributed by atoms with Crippen molar-refractivity contribution in [3.8, 4) is 11.6 Å². The zero-order valence-electron chi connectivity index (χ0n) is 13.6. The Morgan fingerprint density at radius 2 is 2.00 bits per heavy atom. The van der Waals surface area contributed by atoms with Gasteiger partial charge in [-0.25, -0.2) is 4.98 Å². The van der Waals surface area contributed by atoms with Crippen LogP contribution < -0.4 is 10.1 Å². The van der Waals surface area contributed by atoms with Gasteiger partial charge in [0.2, 0.25) is 17.6 Å². The topological polar surface area (TPSA) is 88.6 Å². The molecule has 3 rings (SSSR count). The van der Waals surface area contributed by atoms with Crippen LogP contribution >= 0.6 is 0 Å². The number of hydrogen-bond donors (Lipinski definition) is 1. The first-order chi connectivity index (χ1) is 12.0. The summed E-state index contributed by atoms with van der Waals surface area (Å²) in [5.41, 5.74) is 0.763. The molecule has 0 radical (unpaired) electrons. The van der Waals surface area contributed by atoms with Gasteiger partial charge in [0.05, 0.1) is 0 Å². The third kappa shape index (κ3) is 3.82. The second-order valence-electron chi connectivity index (χ2n) is 5.74. The second kappa shape index (κ2) is 7.12. The maximum Gasteiger partial charge on any atom is 0.290 e. The van der Waals surface area contributed by atoms with Crippen molar-refractivity contribution in [3.05, 3.63) is 54.2 Å². The van der Waals surface area contributed by atoms with Crippen molar-refractivity contribution < 1.29 is 19.1 Å². The lowest BCUT2D eigenvalue weighted by atomic mass is 10.1. The summed E-state index contributed by atoms with van der Waals surface area (Å²) in [6.07, 6.45) is 1.59. The van der Waals surface area contributed by atoms with Crippen molar-refractivity contribution >= 4 is 17.6 Å². The number of rotatable bonds is 5. The number of benzene rings is 1. The van der Waals surface area contributed by atoms with Gasteiger partial charge in [0.1, 0.15) is 11.7 Å². The molecule has 1 aliphatic rings. The van der Waals surface area contributed by atoms with Gasteiger partial charge in [0, 0.05) is 32.4 Å². The molecule has 1 aromatic heterocycles. The highest BCUT2D eigenvalue weighted by atomic mass is 16.5. The summed E-state index contributed by atoms with van der Waals surface area (Å²) < 4.78 is 5.59. The standard InChI is InChI=1S/C18H17N3O4/c1-21-11-14(16(22)18(21)24)17(23)20-10-12-7-8-15(19-9-12)25-13-5-3-2-4-6-13/h2-9,14H,10-11H2,1H3,(H,20,23). The predicted molar refractivity (Wildman–Crippen MR) is 88.7 cm³/mol. The molecule has 1 unspecified atom stereocenters. The number of nitrogens with one attached hydrogen (secondary N) is 1. The predicted octanol–water partition coefficient (Wildman–Crippen LogP) is 1.15. The fraction of sp³-hybridized carbons (Fsp3) is 0.222. The molecular formula is C18H17N3O4. The van der Waals surface area contributed by atoms with Crippen LogP contribution in [-0.2, 0) is 20.9 Å². The highest BCUT2D eigenvalue weighted by molar-refractivity contribution is 6.42. The lowest BCUT2D eigenvalue weighted by molar-refractivity contribution is -0.142. The highest BCUT2D eigenvalue weighted by Gasteiger charge is 2.41. The van der Waals surface area contributed by atoms with Crippen LogP contribution in [0.5, 0.6) is 11.6 Å². The van der Waals surface area contributed by atoms with Crippen molar-refractivity contribution in [2.75, 3.05) is 13.6 Å². The minimum absolute atomic E-state index is 0.117. The SMILES string of the molecule is CN1CC(C(=O)NCc2ccc(Oc3ccccc3)nc2)C(=O)C1=O. The lowest BCUT2D eigenvalue weighted by Crippen LogP contribution is -2.35. The number of carbonyl (C=O) groups excluding carboxylic acids is 3. The van der Waals surface area contributed by atoms with E-state index in [1.54, 1.807) is 18.3 Å². The van der Waals surface area contributed by atoms with Gasteiger partial charge in [-0.2, -0.15) is 0 Å². The third-order valence-electron chi connectivity index (χ3n) is 3.88. The molecule has 0 saturated carbocycles. The Bertz CT molecular complexity index is 790. The Morgan fingerprint density at radius 1 is 1.24 bits per heavy atom. The van der Waals surface area contributed by atoms with Crippen LogP contribution in [-0.4, -0.2) is 41.1 Å². The first-order valence-corrected chi connectivity index (χ1v) is 7.79. The van der Waals surface area contributed by atoms with E-state index in [9.17, 15) is 14.4 Å². The molecule has 2 heterocycles. The van der Waals surface area contributed by atoms with Crippen molar-refractivity contribution in [2.45, 2.75) is 6.54 Å². The van der Waals surface area contributed by atoms with Crippen molar-refractivity contribution in [1.82, 2.24) is 15.2 Å². The minimum atomic E-state index is -0.939. The van der Waals surface area contributed by atoms with Gasteiger partial charge in [-0.1, -0.05) is 24.3 Å². The summed E-state index contributed by atoms with van der Waals surface area (Å²) in [5, 5.41) is 2.66. The van der Waals surface area contributed by atoms with E-state index in [4.69, 9.17) is 4.74 Å². The van der Waals surface area contributed by atoms with Gasteiger partial charge in [0.15, 0.2) is 0 Å². The average molecular weight is 339 g/mol. The van der Waals surface area contributed by atoms with Gasteiger partial charge >= 0.3 is 0 Å². The molecule has 1 saturated heterocycles. The maximum absolute atomic E-state index is 12.1. The summed E-state index contributed by atoms with van der Waals surface area (Å²) in [4.78, 5) is 40.7. The van der Waals surface area contributed by atoms with Crippen LogP contribution in [0.1, 0.15) is 5.56 Å². The van der Waals surface area contributed by atoms with Crippen LogP contribution in [0.3, 0.4) is 0 Å². The molecule has 1 atom stereocenters. The van der Waals surface area contributed by atoms with Crippen molar-refractivity contribution in [1.29, 1.82) is 0 Å². The molecule has 0 spiro atoms. The molecule has 7 nitrogen and oxygen atoms in total. The molecule has 7 heteroatoms. The van der Waals surface area contributed by atoms with Crippen LogP contribution in [0.2, 0.25) is 0 Å². The van der Waals surface area contributed by atoms with Crippen LogP contribution in [0.15, 0.2) is 48.7 Å². The Hall–Kier alpha value is -3.22. The minimum Gasteiger partial charge on any atom is -0.439 e. The number of ether oxygens (including phenoxy) is 1. The fourth-order valence-electron chi connectivity index (χ4n) is 2.48. The van der Waals surface area contributed by atoms with E-state index in [2.05, 4.69) is 10.3 Å². The van der Waals surface area contributed by atoms with E-state index in [1.165, 1.54) is 11.9 Å². The number of hydrogen-bond acceptors (Lipinski definition) is 5. The van der Waals surface area contributed by atoms with Gasteiger partial charge < -0.3 is 15.0 Å². The van der Waals surface area contributed by atoms with Crippen molar-refractivity contribution in [2.24, 2.45) is 5.92 Å². The van der Waals surface area contributed by atoms with Crippen LogP contribution in [0.4, 0.5) is 0 Å². The molecule has 2 amide bonds. The summed E-state index contributed by atoms with van der Waals surface area (Å²) in [7, 11) is 1.50. The Balaban J connectivity index is 1.54. The van der Waals surface area contributed by atoms with E-state index in [-0.39, 0.29) is 13.1 Å². The normalized spacial score (nSPS) is 16.8. The van der Waals surface area contributed by atoms with Gasteiger partial charge in [-0.15, -0.1) is 0 Å². The first kappa shape index (κ1) is 16.6. The van der Waals surface area contributed by atoms with E-state index in [0.29, 0.717) is 11.6 Å². The van der Waals surface area contributed by atoms with Crippen LogP contribution in [0, 0.1) is 5.92 Å². The zero-order valence-corrected chi connectivity index (χ0v) is 13.6. The quantitative estimate of drug-likeness (QED) is 0.652. The van der Waals surface area contributed by atoms with E-state index in [0.717, 1.165) is 5.56 Å². The Labute approximate surface area is 144 Å². The number of ketones is 1. The first-order valence-electron chi connectivity index (χ1n) is 7.79. The number of para-hydroxylation sites is 1. The fourth-order valence-corrected chi connectivity index (χ4v) is 2.48. The number of amides is 2. The molecule has 1 aromatic carbocycles. The molecule has 0 aliphatic carbocycles. The van der Waals surface area contributed by atoms with E-state index >= 15 is 0 Å². The maximum atomic E-state index is 12.1. The largest absolute Gasteiger partial charge is 0.439 e. The molecule has 128 valence electrons. The molecular weight excluding hydrogens is 322 g/mol. The summed E-state index contributed by atoms with van der Waals surface area (Å²) >= 11 is 0. The number of nitrogens with zero attached hydrogens (tertiary/aromatic N) is 2. The molecule has 1 fully saturated rings. The monoisotopic (exact) mass is 339 g/mol. The molecule has 0 bridgehead atoms. The number of carbonyl (C=O) groups is 3. The van der Waals surface area contributed by atoms with Gasteiger partial charge in [0.25, 0.3) is 5.91 Å². The summed E-state index contributed by atoms with van der Waals surface area (Å²) in [6.45, 7) is 0.338. The summed E-state index contributed by atoms with van der Waals surface area (Å²) in [6, 6.07) is 12.8. The molecule has 1 N–H and O–H groups in total. The number of Topliss-reactive ketones (excluding diaryl/α,β-unsaturated/α-hetero) is 1. The molecule has 1 aliphatic heterocycles. The van der Waals surface area contributed by atoms with E-state index < -0.39 is 23.5 Å². The smallest absolute Gasteiger partial charge is 0.290 e. The molecule has 2 aromatic rings. The third-order valence-corrected chi connectivity index (χ3v) is 3.88. The second-order valence-corrected chi connectivity index (χ2v) is 5.74.